The number of rotatable bonds is 3. The van der Waals surface area contributed by atoms with Crippen LogP contribution in [0.5, 0.6) is 0 Å². The maximum Gasteiger partial charge on any atom is 0.419 e. The number of para-hydroxylation sites is 1. The van der Waals surface area contributed by atoms with E-state index in [-0.39, 0.29) is 11.5 Å². The van der Waals surface area contributed by atoms with E-state index in [1.807, 2.05) is 0 Å². The van der Waals surface area contributed by atoms with Crippen LogP contribution in [0.25, 0.3) is 10.9 Å². The van der Waals surface area contributed by atoms with Crippen LogP contribution in [-0.2, 0) is 4.74 Å². The quantitative estimate of drug-likeness (QED) is 0.367. The van der Waals surface area contributed by atoms with Crippen LogP contribution in [0.3, 0.4) is 0 Å². The van der Waals surface area contributed by atoms with Gasteiger partial charge in [-0.25, -0.2) is 9.36 Å². The molecule has 0 spiro atoms. The molecule has 0 unspecified atom stereocenters. The second kappa shape index (κ2) is 6.92. The van der Waals surface area contributed by atoms with Crippen molar-refractivity contribution in [2.75, 3.05) is 0 Å². The first kappa shape index (κ1) is 19.3. The molecule has 3 rings (SSSR count). The van der Waals surface area contributed by atoms with Crippen molar-refractivity contribution in [3.05, 3.63) is 75.5 Å². The highest BCUT2D eigenvalue weighted by Gasteiger charge is 2.27. The average molecular weight is 380 g/mol. The van der Waals surface area contributed by atoms with Crippen LogP contribution in [0.15, 0.2) is 48.5 Å². The Labute approximate surface area is 161 Å². The third-order valence-corrected chi connectivity index (χ3v) is 4.25. The van der Waals surface area contributed by atoms with Crippen molar-refractivity contribution < 1.29 is 19.2 Å². The molecule has 0 atom stereocenters. The summed E-state index contributed by atoms with van der Waals surface area (Å²) in [5.74, 6) is -0.314. The van der Waals surface area contributed by atoms with E-state index in [1.54, 1.807) is 52.0 Å². The van der Waals surface area contributed by atoms with Crippen molar-refractivity contribution in [3.8, 4) is 0 Å². The second-order valence-corrected chi connectivity index (χ2v) is 7.43. The van der Waals surface area contributed by atoms with Crippen molar-refractivity contribution in [2.24, 2.45) is 0 Å². The Morgan fingerprint density at radius 1 is 1.04 bits per heavy atom. The molecule has 0 N–H and O–H groups in total. The van der Waals surface area contributed by atoms with E-state index < -0.39 is 16.6 Å². The molecule has 0 aliphatic rings. The summed E-state index contributed by atoms with van der Waals surface area (Å²) in [6.45, 7) is 7.00. The fourth-order valence-corrected chi connectivity index (χ4v) is 3.08. The minimum Gasteiger partial charge on any atom is -0.443 e. The maximum absolute atomic E-state index is 13.1. The summed E-state index contributed by atoms with van der Waals surface area (Å²) in [4.78, 5) is 36.2. The molecule has 1 aromatic heterocycles. The van der Waals surface area contributed by atoms with E-state index >= 15 is 0 Å². The molecule has 28 heavy (non-hydrogen) atoms. The van der Waals surface area contributed by atoms with E-state index in [1.165, 1.54) is 28.8 Å². The molecule has 3 aromatic rings. The first-order valence-corrected chi connectivity index (χ1v) is 8.72. The third kappa shape index (κ3) is 3.51. The van der Waals surface area contributed by atoms with Gasteiger partial charge in [-0.2, -0.15) is 0 Å². The highest BCUT2D eigenvalue weighted by molar-refractivity contribution is 6.18. The van der Waals surface area contributed by atoms with E-state index in [0.717, 1.165) is 0 Å². The van der Waals surface area contributed by atoms with Crippen LogP contribution in [0.1, 0.15) is 42.4 Å². The first-order valence-electron chi connectivity index (χ1n) is 8.72. The van der Waals surface area contributed by atoms with Crippen molar-refractivity contribution in [1.82, 2.24) is 4.57 Å². The Kier molecular flexibility index (Phi) is 4.77. The number of benzene rings is 2. The van der Waals surface area contributed by atoms with Gasteiger partial charge in [0.1, 0.15) is 5.60 Å². The predicted molar refractivity (Wildman–Crippen MR) is 105 cm³/mol. The molecule has 0 radical (unpaired) electrons. The predicted octanol–water partition coefficient (Wildman–Crippen LogP) is 4.87. The molecular formula is C21H20N2O5. The second-order valence-electron chi connectivity index (χ2n) is 7.43. The zero-order chi connectivity index (χ0) is 20.6. The summed E-state index contributed by atoms with van der Waals surface area (Å²) in [6, 6.07) is 12.5. The summed E-state index contributed by atoms with van der Waals surface area (Å²) in [5, 5.41) is 11.5. The Bertz CT molecular complexity index is 1090. The van der Waals surface area contributed by atoms with Gasteiger partial charge in [0.25, 0.3) is 5.69 Å². The van der Waals surface area contributed by atoms with Gasteiger partial charge in [0, 0.05) is 28.8 Å². The number of nitro groups is 1. The number of hydrogen-bond donors (Lipinski definition) is 0. The van der Waals surface area contributed by atoms with Crippen LogP contribution in [0.2, 0.25) is 0 Å². The van der Waals surface area contributed by atoms with Gasteiger partial charge in [0.15, 0.2) is 5.78 Å². The van der Waals surface area contributed by atoms with Crippen molar-refractivity contribution >= 4 is 28.5 Å². The van der Waals surface area contributed by atoms with E-state index in [0.29, 0.717) is 27.7 Å². The van der Waals surface area contributed by atoms with Gasteiger partial charge in [-0.15, -0.1) is 0 Å². The Morgan fingerprint density at radius 2 is 1.64 bits per heavy atom. The standard InChI is InChI=1S/C21H20N2O5/c1-13-18(19(24)14-9-11-15(12-10-14)23(26)27)16-7-5-6-8-17(16)22(13)20(25)28-21(2,3)4/h5-12H,1-4H3. The molecule has 0 aliphatic heterocycles. The molecule has 0 aliphatic carbocycles. The number of nitrogens with zero attached hydrogens (tertiary/aromatic N) is 2. The Hall–Kier alpha value is -3.48. The van der Waals surface area contributed by atoms with E-state index in [9.17, 15) is 19.7 Å². The average Bonchev–Trinajstić information content (AvgIpc) is 2.91. The lowest BCUT2D eigenvalue weighted by atomic mass is 10.0. The number of carbonyl (C=O) groups is 2. The zero-order valence-corrected chi connectivity index (χ0v) is 16.1. The molecule has 2 aromatic carbocycles. The molecule has 7 heteroatoms. The number of ketones is 1. The van der Waals surface area contributed by atoms with Crippen molar-refractivity contribution in [3.63, 3.8) is 0 Å². The lowest BCUT2D eigenvalue weighted by molar-refractivity contribution is -0.384. The fourth-order valence-electron chi connectivity index (χ4n) is 3.08. The van der Waals surface area contributed by atoms with Crippen LogP contribution >= 0.6 is 0 Å². The maximum atomic E-state index is 13.1. The van der Waals surface area contributed by atoms with Crippen LogP contribution in [0, 0.1) is 17.0 Å². The van der Waals surface area contributed by atoms with E-state index in [4.69, 9.17) is 4.74 Å². The van der Waals surface area contributed by atoms with Gasteiger partial charge in [-0.1, -0.05) is 18.2 Å². The molecule has 7 nitrogen and oxygen atoms in total. The minimum absolute atomic E-state index is 0.0931. The molecule has 0 saturated carbocycles. The lowest BCUT2D eigenvalue weighted by Gasteiger charge is -2.20. The molecule has 144 valence electrons. The van der Waals surface area contributed by atoms with Gasteiger partial charge >= 0.3 is 6.09 Å². The SMILES string of the molecule is Cc1c(C(=O)c2ccc([N+](=O)[O-])cc2)c2ccccc2n1C(=O)OC(C)(C)C. The number of hydrogen-bond acceptors (Lipinski definition) is 5. The summed E-state index contributed by atoms with van der Waals surface area (Å²) in [7, 11) is 0. The van der Waals surface area contributed by atoms with Gasteiger partial charge < -0.3 is 4.74 Å². The van der Waals surface area contributed by atoms with Crippen LogP contribution in [0.4, 0.5) is 10.5 Å². The number of fused-ring (bicyclic) bond motifs is 1. The molecular weight excluding hydrogens is 360 g/mol. The highest BCUT2D eigenvalue weighted by atomic mass is 16.6. The number of non-ortho nitro benzene ring substituents is 1. The van der Waals surface area contributed by atoms with Gasteiger partial charge in [0.2, 0.25) is 0 Å². The Balaban J connectivity index is 2.14. The molecule has 0 saturated heterocycles. The van der Waals surface area contributed by atoms with Gasteiger partial charge in [-0.3, -0.25) is 14.9 Å². The number of aromatic nitrogens is 1. The molecule has 1 heterocycles. The smallest absolute Gasteiger partial charge is 0.419 e. The lowest BCUT2D eigenvalue weighted by Crippen LogP contribution is -2.27. The van der Waals surface area contributed by atoms with Crippen LogP contribution in [-0.4, -0.2) is 27.0 Å². The summed E-state index contributed by atoms with van der Waals surface area (Å²) < 4.78 is 6.88. The minimum atomic E-state index is -0.683. The fraction of sp³-hybridized carbons (Fsp3) is 0.238. The Morgan fingerprint density at radius 3 is 2.21 bits per heavy atom. The monoisotopic (exact) mass is 380 g/mol. The molecule has 0 bridgehead atoms. The zero-order valence-electron chi connectivity index (χ0n) is 16.1. The number of carbonyl (C=O) groups excluding carboxylic acids is 2. The number of nitro benzene ring substituents is 1. The molecule has 0 fully saturated rings. The first-order chi connectivity index (χ1) is 13.1. The number of ether oxygens (including phenoxy) is 1. The van der Waals surface area contributed by atoms with Crippen molar-refractivity contribution in [2.45, 2.75) is 33.3 Å². The summed E-state index contributed by atoms with van der Waals surface area (Å²) in [5.41, 5.74) is 0.927. The van der Waals surface area contributed by atoms with Gasteiger partial charge in [-0.05, 0) is 45.9 Å². The van der Waals surface area contributed by atoms with E-state index in [2.05, 4.69) is 0 Å². The molecule has 0 amide bonds. The third-order valence-electron chi connectivity index (χ3n) is 4.25. The normalized spacial score (nSPS) is 11.4. The van der Waals surface area contributed by atoms with Crippen LogP contribution < -0.4 is 0 Å². The van der Waals surface area contributed by atoms with Gasteiger partial charge in [0.05, 0.1) is 16.0 Å². The largest absolute Gasteiger partial charge is 0.443 e. The topological polar surface area (TPSA) is 91.4 Å². The summed E-state index contributed by atoms with van der Waals surface area (Å²) >= 11 is 0. The summed E-state index contributed by atoms with van der Waals surface area (Å²) in [6.07, 6.45) is -0.566. The van der Waals surface area contributed by atoms with Crippen molar-refractivity contribution in [1.29, 1.82) is 0 Å². The highest BCUT2D eigenvalue weighted by Crippen LogP contribution is 2.29.